The van der Waals surface area contributed by atoms with Gasteiger partial charge >= 0.3 is 0 Å². The summed E-state index contributed by atoms with van der Waals surface area (Å²) in [6.45, 7) is 2.35. The zero-order valence-corrected chi connectivity index (χ0v) is 14.1. The summed E-state index contributed by atoms with van der Waals surface area (Å²) in [5, 5.41) is 2.55. The highest BCUT2D eigenvalue weighted by atomic mass is 19.2. The third-order valence-corrected chi connectivity index (χ3v) is 4.25. The van der Waals surface area contributed by atoms with Gasteiger partial charge in [0.2, 0.25) is 5.91 Å². The molecule has 0 unspecified atom stereocenters. The van der Waals surface area contributed by atoms with E-state index in [1.54, 1.807) is 17.0 Å². The standard InChI is InChI=1S/C19H19F2N3O2/c20-16-7-6-15(12-17(16)21)22-18(25)13-23-8-10-24(11-9-23)19(26)14-4-2-1-3-5-14/h1-7,12H,8-11,13H2,(H,22,25). The van der Waals surface area contributed by atoms with Gasteiger partial charge < -0.3 is 10.2 Å². The summed E-state index contributed by atoms with van der Waals surface area (Å²) in [6.07, 6.45) is 0. The molecular weight excluding hydrogens is 340 g/mol. The number of hydrogen-bond donors (Lipinski definition) is 1. The first-order valence-corrected chi connectivity index (χ1v) is 8.34. The molecule has 1 aliphatic rings. The van der Waals surface area contributed by atoms with Crippen LogP contribution in [0.5, 0.6) is 0 Å². The van der Waals surface area contributed by atoms with Gasteiger partial charge in [-0.05, 0) is 24.3 Å². The van der Waals surface area contributed by atoms with Crippen molar-refractivity contribution in [3.8, 4) is 0 Å². The Morgan fingerprint density at radius 3 is 2.27 bits per heavy atom. The fraction of sp³-hybridized carbons (Fsp3) is 0.263. The molecule has 136 valence electrons. The Bertz CT molecular complexity index is 791. The number of anilines is 1. The summed E-state index contributed by atoms with van der Waals surface area (Å²) in [6, 6.07) is 12.3. The minimum Gasteiger partial charge on any atom is -0.336 e. The van der Waals surface area contributed by atoms with Crippen molar-refractivity contribution in [3.05, 3.63) is 65.7 Å². The summed E-state index contributed by atoms with van der Waals surface area (Å²) >= 11 is 0. The van der Waals surface area contributed by atoms with E-state index in [9.17, 15) is 18.4 Å². The number of carbonyl (C=O) groups excluding carboxylic acids is 2. The number of benzene rings is 2. The van der Waals surface area contributed by atoms with Gasteiger partial charge in [0.15, 0.2) is 11.6 Å². The Kier molecular flexibility index (Phi) is 5.58. The topological polar surface area (TPSA) is 52.7 Å². The highest BCUT2D eigenvalue weighted by Gasteiger charge is 2.23. The van der Waals surface area contributed by atoms with Gasteiger partial charge in [0, 0.05) is 43.5 Å². The van der Waals surface area contributed by atoms with Crippen LogP contribution < -0.4 is 5.32 Å². The molecule has 7 heteroatoms. The highest BCUT2D eigenvalue weighted by molar-refractivity contribution is 5.94. The van der Waals surface area contributed by atoms with Gasteiger partial charge in [-0.2, -0.15) is 0 Å². The van der Waals surface area contributed by atoms with Crippen molar-refractivity contribution >= 4 is 17.5 Å². The van der Waals surface area contributed by atoms with Gasteiger partial charge in [-0.25, -0.2) is 8.78 Å². The van der Waals surface area contributed by atoms with Crippen LogP contribution >= 0.6 is 0 Å². The zero-order chi connectivity index (χ0) is 18.5. The lowest BCUT2D eigenvalue weighted by Crippen LogP contribution is -2.50. The number of amides is 2. The molecule has 1 saturated heterocycles. The van der Waals surface area contributed by atoms with Gasteiger partial charge in [0.05, 0.1) is 6.54 Å². The van der Waals surface area contributed by atoms with Crippen LogP contribution in [0.1, 0.15) is 10.4 Å². The molecular formula is C19H19F2N3O2. The Morgan fingerprint density at radius 1 is 0.923 bits per heavy atom. The molecule has 1 N–H and O–H groups in total. The molecule has 1 heterocycles. The maximum Gasteiger partial charge on any atom is 0.253 e. The van der Waals surface area contributed by atoms with Crippen molar-refractivity contribution in [1.29, 1.82) is 0 Å². The fourth-order valence-corrected chi connectivity index (χ4v) is 2.85. The number of nitrogens with one attached hydrogen (secondary N) is 1. The van der Waals surface area contributed by atoms with Crippen molar-refractivity contribution in [3.63, 3.8) is 0 Å². The molecule has 2 amide bonds. The SMILES string of the molecule is O=C(CN1CCN(C(=O)c2ccccc2)CC1)Nc1ccc(F)c(F)c1. The van der Waals surface area contributed by atoms with E-state index in [0.717, 1.165) is 12.1 Å². The van der Waals surface area contributed by atoms with Crippen molar-refractivity contribution in [1.82, 2.24) is 9.80 Å². The zero-order valence-electron chi connectivity index (χ0n) is 14.1. The van der Waals surface area contributed by atoms with Gasteiger partial charge in [0.1, 0.15) is 0 Å². The molecule has 2 aromatic rings. The smallest absolute Gasteiger partial charge is 0.253 e. The molecule has 0 radical (unpaired) electrons. The molecule has 0 bridgehead atoms. The number of halogens is 2. The third-order valence-electron chi connectivity index (χ3n) is 4.25. The van der Waals surface area contributed by atoms with Gasteiger partial charge in [0.25, 0.3) is 5.91 Å². The van der Waals surface area contributed by atoms with E-state index in [2.05, 4.69) is 5.32 Å². The van der Waals surface area contributed by atoms with Crippen molar-refractivity contribution in [2.75, 3.05) is 38.0 Å². The number of rotatable bonds is 4. The predicted octanol–water partition coefficient (Wildman–Crippen LogP) is 2.36. The lowest BCUT2D eigenvalue weighted by Gasteiger charge is -2.34. The van der Waals surface area contributed by atoms with E-state index in [1.165, 1.54) is 6.07 Å². The first kappa shape index (κ1) is 18.0. The third kappa shape index (κ3) is 4.43. The van der Waals surface area contributed by atoms with Crippen LogP contribution in [-0.2, 0) is 4.79 Å². The lowest BCUT2D eigenvalue weighted by molar-refractivity contribution is -0.117. The van der Waals surface area contributed by atoms with E-state index < -0.39 is 11.6 Å². The minimum atomic E-state index is -1.00. The summed E-state index contributed by atoms with van der Waals surface area (Å²) in [5.74, 6) is -2.28. The minimum absolute atomic E-state index is 0.0171. The van der Waals surface area contributed by atoms with Crippen LogP contribution in [0, 0.1) is 11.6 Å². The molecule has 5 nitrogen and oxygen atoms in total. The Morgan fingerprint density at radius 2 is 1.62 bits per heavy atom. The van der Waals surface area contributed by atoms with Gasteiger partial charge in [-0.1, -0.05) is 18.2 Å². The summed E-state index contributed by atoms with van der Waals surface area (Å²) in [5.41, 5.74) is 0.865. The Hall–Kier alpha value is -2.80. The number of nitrogens with zero attached hydrogens (tertiary/aromatic N) is 2. The van der Waals surface area contributed by atoms with Crippen molar-refractivity contribution < 1.29 is 18.4 Å². The molecule has 0 aromatic heterocycles. The van der Waals surface area contributed by atoms with Crippen molar-refractivity contribution in [2.45, 2.75) is 0 Å². The fourth-order valence-electron chi connectivity index (χ4n) is 2.85. The maximum atomic E-state index is 13.2. The van der Waals surface area contributed by atoms with Gasteiger partial charge in [-0.15, -0.1) is 0 Å². The van der Waals surface area contributed by atoms with Crippen molar-refractivity contribution in [2.24, 2.45) is 0 Å². The van der Waals surface area contributed by atoms with E-state index in [-0.39, 0.29) is 24.0 Å². The number of hydrogen-bond acceptors (Lipinski definition) is 3. The largest absolute Gasteiger partial charge is 0.336 e. The molecule has 0 atom stereocenters. The first-order valence-electron chi connectivity index (χ1n) is 8.34. The second kappa shape index (κ2) is 8.05. The van der Waals surface area contributed by atoms with E-state index in [0.29, 0.717) is 31.7 Å². The van der Waals surface area contributed by atoms with Crippen LogP contribution in [0.4, 0.5) is 14.5 Å². The predicted molar refractivity (Wildman–Crippen MR) is 93.8 cm³/mol. The number of piperazine rings is 1. The molecule has 0 spiro atoms. The average Bonchev–Trinajstić information content (AvgIpc) is 2.65. The average molecular weight is 359 g/mol. The van der Waals surface area contributed by atoms with Crippen LogP contribution in [0.3, 0.4) is 0 Å². The van der Waals surface area contributed by atoms with E-state index in [1.807, 2.05) is 23.1 Å². The Labute approximate surface area is 150 Å². The lowest BCUT2D eigenvalue weighted by atomic mass is 10.2. The molecule has 1 fully saturated rings. The normalized spacial score (nSPS) is 14.9. The van der Waals surface area contributed by atoms with Gasteiger partial charge in [-0.3, -0.25) is 14.5 Å². The Balaban J connectivity index is 1.48. The van der Waals surface area contributed by atoms with Crippen LogP contribution in [0.25, 0.3) is 0 Å². The monoisotopic (exact) mass is 359 g/mol. The molecule has 3 rings (SSSR count). The number of carbonyl (C=O) groups is 2. The molecule has 26 heavy (non-hydrogen) atoms. The highest BCUT2D eigenvalue weighted by Crippen LogP contribution is 2.13. The summed E-state index contributed by atoms with van der Waals surface area (Å²) < 4.78 is 26.1. The maximum absolute atomic E-state index is 13.2. The van der Waals surface area contributed by atoms with Crippen LogP contribution in [-0.4, -0.2) is 54.3 Å². The summed E-state index contributed by atoms with van der Waals surface area (Å²) in [4.78, 5) is 28.1. The molecule has 0 aliphatic carbocycles. The molecule has 0 saturated carbocycles. The molecule has 1 aliphatic heterocycles. The van der Waals surface area contributed by atoms with E-state index >= 15 is 0 Å². The second-order valence-electron chi connectivity index (χ2n) is 6.11. The van der Waals surface area contributed by atoms with Crippen LogP contribution in [0.15, 0.2) is 48.5 Å². The van der Waals surface area contributed by atoms with E-state index in [4.69, 9.17) is 0 Å². The second-order valence-corrected chi connectivity index (χ2v) is 6.11. The summed E-state index contributed by atoms with van der Waals surface area (Å²) in [7, 11) is 0. The van der Waals surface area contributed by atoms with Crippen LogP contribution in [0.2, 0.25) is 0 Å². The molecule has 2 aromatic carbocycles. The first-order chi connectivity index (χ1) is 12.5. The quantitative estimate of drug-likeness (QED) is 0.912.